The second kappa shape index (κ2) is 7.58. The summed E-state index contributed by atoms with van der Waals surface area (Å²) in [5.74, 6) is 0.727. The highest BCUT2D eigenvalue weighted by molar-refractivity contribution is 7.89. The van der Waals surface area contributed by atoms with Gasteiger partial charge in [0.1, 0.15) is 5.75 Å². The van der Waals surface area contributed by atoms with Gasteiger partial charge in [0.15, 0.2) is 0 Å². The van der Waals surface area contributed by atoms with E-state index >= 15 is 0 Å². The van der Waals surface area contributed by atoms with Gasteiger partial charge in [-0.05, 0) is 43.0 Å². The summed E-state index contributed by atoms with van der Waals surface area (Å²) in [5, 5.41) is 0. The van der Waals surface area contributed by atoms with E-state index in [0.29, 0.717) is 6.61 Å². The van der Waals surface area contributed by atoms with E-state index in [-0.39, 0.29) is 16.4 Å². The van der Waals surface area contributed by atoms with Crippen molar-refractivity contribution in [3.05, 3.63) is 59.7 Å². The van der Waals surface area contributed by atoms with Crippen molar-refractivity contribution in [1.29, 1.82) is 0 Å². The molecule has 0 fully saturated rings. The van der Waals surface area contributed by atoms with E-state index in [9.17, 15) is 8.42 Å². The van der Waals surface area contributed by atoms with Crippen LogP contribution in [0, 0.1) is 0 Å². The average Bonchev–Trinajstić information content (AvgIpc) is 2.54. The minimum absolute atomic E-state index is 0.221. The molecule has 136 valence electrons. The summed E-state index contributed by atoms with van der Waals surface area (Å²) in [4.78, 5) is 0.253. The van der Waals surface area contributed by atoms with Gasteiger partial charge in [0.05, 0.1) is 11.5 Å². The molecule has 0 bridgehead atoms. The van der Waals surface area contributed by atoms with E-state index in [1.165, 1.54) is 0 Å². The van der Waals surface area contributed by atoms with Crippen molar-refractivity contribution >= 4 is 10.0 Å². The molecule has 0 aliphatic carbocycles. The van der Waals surface area contributed by atoms with E-state index in [1.54, 1.807) is 18.2 Å². The lowest BCUT2D eigenvalue weighted by Gasteiger charge is -2.24. The molecule has 2 aromatic rings. The van der Waals surface area contributed by atoms with Gasteiger partial charge >= 0.3 is 0 Å². The number of rotatable bonds is 6. The number of sulfonamides is 1. The molecule has 0 amide bonds. The Hall–Kier alpha value is -1.85. The van der Waals surface area contributed by atoms with Crippen molar-refractivity contribution in [3.8, 4) is 5.75 Å². The molecule has 5 heteroatoms. The molecule has 0 heterocycles. The third kappa shape index (κ3) is 4.83. The van der Waals surface area contributed by atoms with Gasteiger partial charge in [0.2, 0.25) is 10.0 Å². The number of hydrogen-bond donors (Lipinski definition) is 1. The highest BCUT2D eigenvalue weighted by atomic mass is 32.2. The average molecular weight is 362 g/mol. The van der Waals surface area contributed by atoms with Crippen LogP contribution in [0.3, 0.4) is 0 Å². The largest absolute Gasteiger partial charge is 0.494 e. The zero-order valence-electron chi connectivity index (χ0n) is 15.5. The standard InChI is InChI=1S/C20H27NO3S/c1-6-24-19-13-12-17(14-18(19)20(3,4)5)25(22,23)21-15(2)16-10-8-7-9-11-16/h7-15,21H,6H2,1-5H3/t15-/m0/s1. The van der Waals surface area contributed by atoms with Crippen LogP contribution >= 0.6 is 0 Å². The molecule has 0 aliphatic rings. The number of ether oxygens (including phenoxy) is 1. The molecular formula is C20H27NO3S. The Labute approximate surface area is 151 Å². The topological polar surface area (TPSA) is 55.4 Å². The van der Waals surface area contributed by atoms with Crippen LogP contribution in [-0.4, -0.2) is 15.0 Å². The predicted molar refractivity (Wildman–Crippen MR) is 101 cm³/mol. The highest BCUT2D eigenvalue weighted by Crippen LogP contribution is 2.33. The molecule has 0 radical (unpaired) electrons. The van der Waals surface area contributed by atoms with Crippen molar-refractivity contribution in [3.63, 3.8) is 0 Å². The van der Waals surface area contributed by atoms with Gasteiger partial charge < -0.3 is 4.74 Å². The molecule has 0 saturated carbocycles. The molecule has 25 heavy (non-hydrogen) atoms. The lowest BCUT2D eigenvalue weighted by atomic mass is 9.86. The van der Waals surface area contributed by atoms with Gasteiger partial charge in [-0.15, -0.1) is 0 Å². The molecule has 0 unspecified atom stereocenters. The van der Waals surface area contributed by atoms with Gasteiger partial charge in [-0.1, -0.05) is 51.1 Å². The van der Waals surface area contributed by atoms with Gasteiger partial charge in [-0.25, -0.2) is 13.1 Å². The molecule has 1 N–H and O–H groups in total. The maximum atomic E-state index is 12.8. The second-order valence-electron chi connectivity index (χ2n) is 7.09. The number of nitrogens with one attached hydrogen (secondary N) is 1. The van der Waals surface area contributed by atoms with Crippen molar-refractivity contribution in [1.82, 2.24) is 4.72 Å². The third-order valence-electron chi connectivity index (χ3n) is 4.00. The van der Waals surface area contributed by atoms with Crippen LogP contribution in [0.5, 0.6) is 5.75 Å². The molecule has 0 aliphatic heterocycles. The zero-order valence-corrected chi connectivity index (χ0v) is 16.4. The van der Waals surface area contributed by atoms with Crippen molar-refractivity contribution < 1.29 is 13.2 Å². The summed E-state index contributed by atoms with van der Waals surface area (Å²) in [7, 11) is -3.63. The quantitative estimate of drug-likeness (QED) is 0.828. The fourth-order valence-corrected chi connectivity index (χ4v) is 3.91. The molecular weight excluding hydrogens is 334 g/mol. The fourth-order valence-electron chi connectivity index (χ4n) is 2.65. The molecule has 0 saturated heterocycles. The summed E-state index contributed by atoms with van der Waals surface area (Å²) < 4.78 is 34.0. The van der Waals surface area contributed by atoms with Crippen LogP contribution in [0.1, 0.15) is 51.8 Å². The SMILES string of the molecule is CCOc1ccc(S(=O)(=O)N[C@@H](C)c2ccccc2)cc1C(C)(C)C. The van der Waals surface area contributed by atoms with Crippen LogP contribution in [0.4, 0.5) is 0 Å². The number of hydrogen-bond acceptors (Lipinski definition) is 3. The Morgan fingerprint density at radius 1 is 1.08 bits per heavy atom. The van der Waals surface area contributed by atoms with Crippen molar-refractivity contribution in [2.45, 2.75) is 51.0 Å². The van der Waals surface area contributed by atoms with E-state index in [0.717, 1.165) is 16.9 Å². The molecule has 1 atom stereocenters. The minimum Gasteiger partial charge on any atom is -0.494 e. The molecule has 2 rings (SSSR count). The van der Waals surface area contributed by atoms with Gasteiger partial charge in [0, 0.05) is 11.6 Å². The first-order valence-electron chi connectivity index (χ1n) is 8.49. The third-order valence-corrected chi connectivity index (χ3v) is 5.54. The lowest BCUT2D eigenvalue weighted by molar-refractivity contribution is 0.329. The Morgan fingerprint density at radius 3 is 2.28 bits per heavy atom. The minimum atomic E-state index is -3.63. The first kappa shape index (κ1) is 19.5. The van der Waals surface area contributed by atoms with E-state index < -0.39 is 10.0 Å². The lowest BCUT2D eigenvalue weighted by Crippen LogP contribution is -2.27. The van der Waals surface area contributed by atoms with E-state index in [1.807, 2.05) is 65.0 Å². The van der Waals surface area contributed by atoms with E-state index in [2.05, 4.69) is 4.72 Å². The smallest absolute Gasteiger partial charge is 0.241 e. The maximum absolute atomic E-state index is 12.8. The highest BCUT2D eigenvalue weighted by Gasteiger charge is 2.24. The monoisotopic (exact) mass is 361 g/mol. The summed E-state index contributed by atoms with van der Waals surface area (Å²) in [6, 6.07) is 14.3. The van der Waals surface area contributed by atoms with Crippen molar-refractivity contribution in [2.75, 3.05) is 6.61 Å². The molecule has 0 spiro atoms. The van der Waals surface area contributed by atoms with Crippen LogP contribution in [0.15, 0.2) is 53.4 Å². The Kier molecular flexibility index (Phi) is 5.91. The molecule has 0 aromatic heterocycles. The molecule has 2 aromatic carbocycles. The first-order valence-corrected chi connectivity index (χ1v) is 9.98. The number of benzene rings is 2. The van der Waals surface area contributed by atoms with Crippen LogP contribution in [0.25, 0.3) is 0 Å². The summed E-state index contributed by atoms with van der Waals surface area (Å²) in [6.07, 6.45) is 0. The predicted octanol–water partition coefficient (Wildman–Crippen LogP) is 4.42. The van der Waals surface area contributed by atoms with Crippen LogP contribution in [0.2, 0.25) is 0 Å². The molecule has 4 nitrogen and oxygen atoms in total. The van der Waals surface area contributed by atoms with Crippen LogP contribution in [-0.2, 0) is 15.4 Å². The second-order valence-corrected chi connectivity index (χ2v) is 8.81. The van der Waals surface area contributed by atoms with Gasteiger partial charge in [-0.2, -0.15) is 0 Å². The van der Waals surface area contributed by atoms with Crippen LogP contribution < -0.4 is 9.46 Å². The normalized spacial score (nSPS) is 13.5. The maximum Gasteiger partial charge on any atom is 0.241 e. The Balaban J connectivity index is 2.36. The van der Waals surface area contributed by atoms with E-state index in [4.69, 9.17) is 4.74 Å². The Morgan fingerprint density at radius 2 is 1.72 bits per heavy atom. The van der Waals surface area contributed by atoms with Gasteiger partial charge in [-0.3, -0.25) is 0 Å². The fraction of sp³-hybridized carbons (Fsp3) is 0.400. The zero-order chi connectivity index (χ0) is 18.7. The van der Waals surface area contributed by atoms with Crippen molar-refractivity contribution in [2.24, 2.45) is 0 Å². The summed E-state index contributed by atoms with van der Waals surface area (Å²) in [5.41, 5.74) is 1.58. The summed E-state index contributed by atoms with van der Waals surface area (Å²) in [6.45, 7) is 10.4. The first-order chi connectivity index (χ1) is 11.6. The van der Waals surface area contributed by atoms with Gasteiger partial charge in [0.25, 0.3) is 0 Å². The Bertz CT molecular complexity index is 809. The summed E-state index contributed by atoms with van der Waals surface area (Å²) >= 11 is 0.